The molecule has 1 saturated heterocycles. The maximum Gasteiger partial charge on any atom is 0.229 e. The van der Waals surface area contributed by atoms with E-state index < -0.39 is 0 Å². The van der Waals surface area contributed by atoms with E-state index in [0.29, 0.717) is 24.5 Å². The van der Waals surface area contributed by atoms with Gasteiger partial charge in [0.15, 0.2) is 0 Å². The summed E-state index contributed by atoms with van der Waals surface area (Å²) in [5, 5.41) is 10.7. The number of hydrogen-bond acceptors (Lipinski definition) is 4. The molecule has 27 heavy (non-hydrogen) atoms. The molecule has 2 aliphatic heterocycles. The molecule has 0 radical (unpaired) electrons. The van der Waals surface area contributed by atoms with Crippen LogP contribution in [0.4, 0.5) is 5.69 Å². The predicted octanol–water partition coefficient (Wildman–Crippen LogP) is 4.98. The Kier molecular flexibility index (Phi) is 4.98. The van der Waals surface area contributed by atoms with Gasteiger partial charge in [-0.2, -0.15) is 5.26 Å². The van der Waals surface area contributed by atoms with E-state index in [0.717, 1.165) is 20.8 Å². The topological polar surface area (TPSA) is 47.3 Å². The van der Waals surface area contributed by atoms with Crippen molar-refractivity contribution in [3.63, 3.8) is 0 Å². The Morgan fingerprint density at radius 2 is 1.85 bits per heavy atom. The largest absolute Gasteiger partial charge is 0.344 e. The van der Waals surface area contributed by atoms with Gasteiger partial charge in [0, 0.05) is 22.5 Å². The number of thioether (sulfide) groups is 1. The fourth-order valence-electron chi connectivity index (χ4n) is 3.46. The summed E-state index contributed by atoms with van der Waals surface area (Å²) in [5.74, 6) is 0.636. The van der Waals surface area contributed by atoms with Crippen molar-refractivity contribution in [1.82, 2.24) is 4.90 Å². The summed E-state index contributed by atoms with van der Waals surface area (Å²) >= 11 is 5.02. The van der Waals surface area contributed by atoms with Crippen LogP contribution in [0.25, 0.3) is 0 Å². The number of nitrogens with zero attached hydrogens (tertiary/aromatic N) is 3. The Balaban J connectivity index is 1.65. The summed E-state index contributed by atoms with van der Waals surface area (Å²) in [6.45, 7) is 2.52. The van der Waals surface area contributed by atoms with E-state index in [1.807, 2.05) is 55.5 Å². The number of fused-ring (bicyclic) bond motifs is 1. The van der Waals surface area contributed by atoms with Crippen molar-refractivity contribution in [2.24, 2.45) is 0 Å². The zero-order valence-electron chi connectivity index (χ0n) is 14.9. The highest BCUT2D eigenvalue weighted by atomic mass is 79.9. The predicted molar refractivity (Wildman–Crippen MR) is 112 cm³/mol. The van der Waals surface area contributed by atoms with Crippen LogP contribution in [0.5, 0.6) is 0 Å². The molecule has 0 N–H and O–H groups in total. The van der Waals surface area contributed by atoms with Crippen LogP contribution in [-0.4, -0.2) is 23.4 Å². The van der Waals surface area contributed by atoms with Crippen molar-refractivity contribution in [3.05, 3.63) is 74.7 Å². The summed E-state index contributed by atoms with van der Waals surface area (Å²) in [6.07, 6.45) is 0.337. The van der Waals surface area contributed by atoms with Gasteiger partial charge in [-0.15, -0.1) is 0 Å². The van der Waals surface area contributed by atoms with Crippen molar-refractivity contribution in [1.29, 1.82) is 5.26 Å². The standard InChI is InChI=1S/C21H18BrN3OS/c1-14-2-4-15(5-3-14)18-10-20(26)25-12-24(13-27-21(25)19(18)11-23)17-8-6-16(22)7-9-17/h2-9,18H,10,12-13H2,1H3/t18-/m0/s1. The van der Waals surface area contributed by atoms with E-state index in [1.165, 1.54) is 5.56 Å². The molecule has 4 nitrogen and oxygen atoms in total. The molecule has 2 heterocycles. The summed E-state index contributed by atoms with van der Waals surface area (Å²) in [4.78, 5) is 16.8. The molecule has 2 aliphatic rings. The van der Waals surface area contributed by atoms with E-state index in [-0.39, 0.29) is 11.8 Å². The number of carbonyl (C=O) groups excluding carboxylic acids is 1. The number of rotatable bonds is 2. The zero-order chi connectivity index (χ0) is 19.0. The minimum absolute atomic E-state index is 0.0730. The molecule has 0 spiro atoms. The maximum atomic E-state index is 12.9. The highest BCUT2D eigenvalue weighted by Gasteiger charge is 2.38. The number of halogens is 1. The molecule has 1 atom stereocenters. The van der Waals surface area contributed by atoms with Crippen LogP contribution in [0.15, 0.2) is 63.6 Å². The van der Waals surface area contributed by atoms with Crippen LogP contribution >= 0.6 is 27.7 Å². The molecule has 0 unspecified atom stereocenters. The second kappa shape index (κ2) is 7.41. The molecule has 0 bridgehead atoms. The molecular weight excluding hydrogens is 422 g/mol. The second-order valence-electron chi connectivity index (χ2n) is 6.75. The average molecular weight is 440 g/mol. The minimum Gasteiger partial charge on any atom is -0.344 e. The lowest BCUT2D eigenvalue weighted by atomic mass is 9.86. The van der Waals surface area contributed by atoms with E-state index in [4.69, 9.17) is 0 Å². The number of carbonyl (C=O) groups is 1. The van der Waals surface area contributed by atoms with Gasteiger partial charge in [-0.1, -0.05) is 57.5 Å². The molecule has 0 aromatic heterocycles. The average Bonchev–Trinajstić information content (AvgIpc) is 2.69. The molecule has 0 aliphatic carbocycles. The van der Waals surface area contributed by atoms with Crippen LogP contribution in [0.1, 0.15) is 23.5 Å². The van der Waals surface area contributed by atoms with Crippen molar-refractivity contribution < 1.29 is 4.79 Å². The Morgan fingerprint density at radius 3 is 2.52 bits per heavy atom. The van der Waals surface area contributed by atoms with Crippen LogP contribution in [-0.2, 0) is 4.79 Å². The second-order valence-corrected chi connectivity index (χ2v) is 8.60. The summed E-state index contributed by atoms with van der Waals surface area (Å²) < 4.78 is 1.03. The van der Waals surface area contributed by atoms with Crippen molar-refractivity contribution in [2.75, 3.05) is 17.4 Å². The van der Waals surface area contributed by atoms with Crippen molar-refractivity contribution in [2.45, 2.75) is 19.3 Å². The van der Waals surface area contributed by atoms with Gasteiger partial charge >= 0.3 is 0 Å². The summed E-state index contributed by atoms with van der Waals surface area (Å²) in [6, 6.07) is 18.6. The third kappa shape index (κ3) is 3.50. The number of benzene rings is 2. The van der Waals surface area contributed by atoms with Gasteiger partial charge < -0.3 is 4.90 Å². The van der Waals surface area contributed by atoms with Gasteiger partial charge in [0.25, 0.3) is 0 Å². The summed E-state index contributed by atoms with van der Waals surface area (Å²) in [5.41, 5.74) is 3.98. The SMILES string of the molecule is Cc1ccc([C@@H]2CC(=O)N3CN(c4ccc(Br)cc4)CSC3=C2C#N)cc1. The van der Waals surface area contributed by atoms with Crippen LogP contribution in [0.2, 0.25) is 0 Å². The van der Waals surface area contributed by atoms with Crippen LogP contribution in [0, 0.1) is 18.3 Å². The van der Waals surface area contributed by atoms with Gasteiger partial charge in [0.05, 0.1) is 29.2 Å². The third-order valence-corrected chi connectivity index (χ3v) is 6.65. The lowest BCUT2D eigenvalue weighted by Gasteiger charge is -2.42. The number of amides is 1. The highest BCUT2D eigenvalue weighted by Crippen LogP contribution is 2.43. The van der Waals surface area contributed by atoms with Gasteiger partial charge in [0.2, 0.25) is 5.91 Å². The third-order valence-electron chi connectivity index (χ3n) is 4.97. The minimum atomic E-state index is -0.152. The lowest BCUT2D eigenvalue weighted by Crippen LogP contribution is -2.47. The number of aryl methyl sites for hydroxylation is 1. The van der Waals surface area contributed by atoms with Crippen molar-refractivity contribution in [3.8, 4) is 6.07 Å². The molecule has 2 aromatic rings. The molecule has 6 heteroatoms. The number of allylic oxidation sites excluding steroid dienone is 1. The van der Waals surface area contributed by atoms with Gasteiger partial charge in [-0.3, -0.25) is 9.69 Å². The van der Waals surface area contributed by atoms with Crippen LogP contribution in [0.3, 0.4) is 0 Å². The lowest BCUT2D eigenvalue weighted by molar-refractivity contribution is -0.129. The monoisotopic (exact) mass is 439 g/mol. The molecular formula is C21H18BrN3OS. The quantitative estimate of drug-likeness (QED) is 0.661. The van der Waals surface area contributed by atoms with E-state index in [9.17, 15) is 10.1 Å². The summed E-state index contributed by atoms with van der Waals surface area (Å²) in [7, 11) is 0. The first-order valence-corrected chi connectivity index (χ1v) is 10.5. The Morgan fingerprint density at radius 1 is 1.15 bits per heavy atom. The fourth-order valence-corrected chi connectivity index (χ4v) is 4.89. The fraction of sp³-hybridized carbons (Fsp3) is 0.238. The van der Waals surface area contributed by atoms with Gasteiger partial charge in [-0.25, -0.2) is 0 Å². The first-order valence-electron chi connectivity index (χ1n) is 8.71. The Bertz CT molecular complexity index is 947. The zero-order valence-corrected chi connectivity index (χ0v) is 17.3. The van der Waals surface area contributed by atoms with Gasteiger partial charge in [0.1, 0.15) is 0 Å². The molecule has 1 amide bonds. The van der Waals surface area contributed by atoms with Gasteiger partial charge in [-0.05, 0) is 36.8 Å². The maximum absolute atomic E-state index is 12.9. The first kappa shape index (κ1) is 18.1. The highest BCUT2D eigenvalue weighted by molar-refractivity contribution is 9.10. The van der Waals surface area contributed by atoms with E-state index in [1.54, 1.807) is 16.7 Å². The number of anilines is 1. The molecule has 136 valence electrons. The first-order chi connectivity index (χ1) is 13.1. The van der Waals surface area contributed by atoms with Crippen molar-refractivity contribution >= 4 is 39.3 Å². The molecule has 1 fully saturated rings. The Labute approximate surface area is 171 Å². The molecule has 4 rings (SSSR count). The number of hydrogen-bond donors (Lipinski definition) is 0. The number of nitriles is 1. The Hall–Kier alpha value is -2.23. The smallest absolute Gasteiger partial charge is 0.229 e. The normalized spacial score (nSPS) is 19.7. The van der Waals surface area contributed by atoms with E-state index >= 15 is 0 Å². The van der Waals surface area contributed by atoms with E-state index in [2.05, 4.69) is 26.9 Å². The molecule has 0 saturated carbocycles. The molecule has 2 aromatic carbocycles. The van der Waals surface area contributed by atoms with Crippen LogP contribution < -0.4 is 4.90 Å².